The smallest absolute Gasteiger partial charge is 0.309 e. The van der Waals surface area contributed by atoms with Crippen LogP contribution < -0.4 is 14.2 Å². The van der Waals surface area contributed by atoms with Gasteiger partial charge >= 0.3 is 5.97 Å². The van der Waals surface area contributed by atoms with Crippen molar-refractivity contribution in [2.45, 2.75) is 31.3 Å². The molecule has 3 aliphatic heterocycles. The van der Waals surface area contributed by atoms with Crippen LogP contribution in [0.15, 0.2) is 12.1 Å². The Balaban J connectivity index is 1.47. The highest BCUT2D eigenvalue weighted by Crippen LogP contribution is 2.44. The summed E-state index contributed by atoms with van der Waals surface area (Å²) in [6, 6.07) is 3.91. The minimum absolute atomic E-state index is 0.0728. The number of methoxy groups -OCH3 is 1. The van der Waals surface area contributed by atoms with E-state index in [2.05, 4.69) is 4.90 Å². The number of hydrogen-bond donors (Lipinski definition) is 1. The van der Waals surface area contributed by atoms with Gasteiger partial charge in [-0.1, -0.05) is 0 Å². The lowest BCUT2D eigenvalue weighted by Gasteiger charge is -2.45. The molecule has 8 nitrogen and oxygen atoms in total. The number of carboxylic acid groups (broad SMARTS) is 1. The zero-order valence-corrected chi connectivity index (χ0v) is 15.6. The number of nitrogens with zero attached hydrogens (tertiary/aromatic N) is 2. The Labute approximate surface area is 157 Å². The van der Waals surface area contributed by atoms with E-state index in [1.165, 1.54) is 0 Å². The minimum atomic E-state index is -0.873. The highest BCUT2D eigenvalue weighted by Gasteiger charge is 2.55. The number of hydrogen-bond acceptors (Lipinski definition) is 6. The van der Waals surface area contributed by atoms with Gasteiger partial charge in [0.25, 0.3) is 0 Å². The first-order valence-corrected chi connectivity index (χ1v) is 9.13. The van der Waals surface area contributed by atoms with E-state index in [1.807, 2.05) is 12.1 Å². The second-order valence-electron chi connectivity index (χ2n) is 7.46. The van der Waals surface area contributed by atoms with Gasteiger partial charge < -0.3 is 24.2 Å². The van der Waals surface area contributed by atoms with Crippen molar-refractivity contribution >= 4 is 11.9 Å². The summed E-state index contributed by atoms with van der Waals surface area (Å²) in [6.07, 6.45) is 1.42. The van der Waals surface area contributed by atoms with Gasteiger partial charge in [-0.25, -0.2) is 0 Å². The third-order valence-electron chi connectivity index (χ3n) is 6.21. The molecule has 1 unspecified atom stereocenters. The number of fused-ring (bicyclic) bond motifs is 1. The molecule has 4 rings (SSSR count). The van der Waals surface area contributed by atoms with Crippen LogP contribution in [0.5, 0.6) is 17.2 Å². The van der Waals surface area contributed by atoms with Gasteiger partial charge in [-0.3, -0.25) is 14.5 Å². The number of likely N-dealkylation sites (tertiary alicyclic amines) is 2. The van der Waals surface area contributed by atoms with Crippen LogP contribution in [-0.2, 0) is 16.1 Å². The van der Waals surface area contributed by atoms with Gasteiger partial charge in [0.15, 0.2) is 11.5 Å². The van der Waals surface area contributed by atoms with Crippen LogP contribution in [0.1, 0.15) is 24.8 Å². The molecule has 3 aliphatic rings. The molecule has 1 aromatic carbocycles. The summed E-state index contributed by atoms with van der Waals surface area (Å²) in [6.45, 7) is 2.37. The third kappa shape index (κ3) is 2.88. The lowest BCUT2D eigenvalue weighted by molar-refractivity contribution is -0.146. The van der Waals surface area contributed by atoms with E-state index < -0.39 is 17.4 Å². The number of ether oxygens (including phenoxy) is 3. The summed E-state index contributed by atoms with van der Waals surface area (Å²) in [7, 11) is 3.34. The first-order chi connectivity index (χ1) is 12.9. The van der Waals surface area contributed by atoms with Gasteiger partial charge in [0.05, 0.1) is 18.6 Å². The van der Waals surface area contributed by atoms with Crippen molar-refractivity contribution in [3.05, 3.63) is 17.7 Å². The van der Waals surface area contributed by atoms with Crippen LogP contribution in [-0.4, -0.2) is 66.4 Å². The monoisotopic (exact) mass is 376 g/mol. The molecule has 1 spiro atoms. The molecule has 1 aromatic rings. The molecule has 146 valence electrons. The fraction of sp³-hybridized carbons (Fsp3) is 0.579. The Morgan fingerprint density at radius 1 is 1.33 bits per heavy atom. The van der Waals surface area contributed by atoms with Gasteiger partial charge in [0, 0.05) is 33.1 Å². The van der Waals surface area contributed by atoms with Gasteiger partial charge in [0.1, 0.15) is 0 Å². The molecule has 0 radical (unpaired) electrons. The maximum atomic E-state index is 12.1. The number of carboxylic acids is 1. The van der Waals surface area contributed by atoms with Crippen molar-refractivity contribution in [3.8, 4) is 17.2 Å². The summed E-state index contributed by atoms with van der Waals surface area (Å²) >= 11 is 0. The van der Waals surface area contributed by atoms with Crippen LogP contribution in [0.4, 0.5) is 0 Å². The molecule has 1 N–H and O–H groups in total. The second-order valence-corrected chi connectivity index (χ2v) is 7.46. The number of benzene rings is 1. The quantitative estimate of drug-likeness (QED) is 0.848. The second kappa shape index (κ2) is 6.60. The normalized spacial score (nSPS) is 23.9. The lowest BCUT2D eigenvalue weighted by Crippen LogP contribution is -2.55. The summed E-state index contributed by atoms with van der Waals surface area (Å²) in [5.74, 6) is 0.403. The number of rotatable bonds is 4. The predicted molar refractivity (Wildman–Crippen MR) is 94.9 cm³/mol. The molecule has 3 heterocycles. The maximum absolute atomic E-state index is 12.1. The molecule has 8 heteroatoms. The number of piperidine rings is 1. The Kier molecular flexibility index (Phi) is 4.38. The number of carbonyl (C=O) groups excluding carboxylic acids is 1. The lowest BCUT2D eigenvalue weighted by atomic mass is 9.77. The van der Waals surface area contributed by atoms with Gasteiger partial charge in [-0.2, -0.15) is 0 Å². The average Bonchev–Trinajstić information content (AvgIpc) is 3.22. The highest BCUT2D eigenvalue weighted by atomic mass is 16.7. The van der Waals surface area contributed by atoms with Crippen molar-refractivity contribution in [1.82, 2.24) is 9.80 Å². The fourth-order valence-corrected chi connectivity index (χ4v) is 4.62. The van der Waals surface area contributed by atoms with E-state index >= 15 is 0 Å². The first-order valence-electron chi connectivity index (χ1n) is 9.13. The number of carbonyl (C=O) groups is 2. The molecule has 0 aromatic heterocycles. The van der Waals surface area contributed by atoms with E-state index in [1.54, 1.807) is 19.1 Å². The van der Waals surface area contributed by atoms with Crippen LogP contribution in [0.3, 0.4) is 0 Å². The zero-order valence-electron chi connectivity index (χ0n) is 15.6. The summed E-state index contributed by atoms with van der Waals surface area (Å²) < 4.78 is 16.3. The average molecular weight is 376 g/mol. The van der Waals surface area contributed by atoms with Crippen LogP contribution in [0.2, 0.25) is 0 Å². The molecular formula is C19H24N2O6. The predicted octanol–water partition coefficient (Wildman–Crippen LogP) is 1.32. The molecular weight excluding hydrogens is 352 g/mol. The Morgan fingerprint density at radius 3 is 2.74 bits per heavy atom. The Bertz CT molecular complexity index is 772. The third-order valence-corrected chi connectivity index (χ3v) is 6.21. The van der Waals surface area contributed by atoms with E-state index in [9.17, 15) is 14.7 Å². The van der Waals surface area contributed by atoms with Crippen molar-refractivity contribution in [2.75, 3.05) is 34.0 Å². The SMILES string of the molecule is COc1cc(CN2CCC3(CC2)C(C(=O)O)CC(=O)N3C)cc2c1OCO2. The summed E-state index contributed by atoms with van der Waals surface area (Å²) in [4.78, 5) is 27.8. The zero-order chi connectivity index (χ0) is 19.2. The van der Waals surface area contributed by atoms with Crippen molar-refractivity contribution < 1.29 is 28.9 Å². The molecule has 0 saturated carbocycles. The van der Waals surface area contributed by atoms with Gasteiger partial charge in [-0.05, 0) is 30.5 Å². The molecule has 1 amide bonds. The molecule has 2 fully saturated rings. The van der Waals surface area contributed by atoms with Crippen molar-refractivity contribution in [1.29, 1.82) is 0 Å². The molecule has 27 heavy (non-hydrogen) atoms. The van der Waals surface area contributed by atoms with Gasteiger partial charge in [-0.15, -0.1) is 0 Å². The summed E-state index contributed by atoms with van der Waals surface area (Å²) in [5.41, 5.74) is 0.490. The number of amides is 1. The van der Waals surface area contributed by atoms with Crippen LogP contribution in [0, 0.1) is 5.92 Å². The molecule has 1 atom stereocenters. The van der Waals surface area contributed by atoms with Crippen LogP contribution >= 0.6 is 0 Å². The molecule has 2 saturated heterocycles. The Morgan fingerprint density at radius 2 is 2.07 bits per heavy atom. The number of aliphatic carboxylic acids is 1. The fourth-order valence-electron chi connectivity index (χ4n) is 4.62. The standard InChI is InChI=1S/C19H24N2O6/c1-20-16(22)9-13(18(23)24)19(20)3-5-21(6-4-19)10-12-7-14(25-2)17-15(8-12)26-11-27-17/h7-8,13H,3-6,9-11H2,1-2H3,(H,23,24). The van der Waals surface area contributed by atoms with Crippen LogP contribution in [0.25, 0.3) is 0 Å². The summed E-state index contributed by atoms with van der Waals surface area (Å²) in [5, 5.41) is 9.58. The van der Waals surface area contributed by atoms with Crippen molar-refractivity contribution in [2.24, 2.45) is 5.92 Å². The Hall–Kier alpha value is -2.48. The minimum Gasteiger partial charge on any atom is -0.493 e. The van der Waals surface area contributed by atoms with E-state index in [4.69, 9.17) is 14.2 Å². The maximum Gasteiger partial charge on any atom is 0.309 e. The van der Waals surface area contributed by atoms with Gasteiger partial charge in [0.2, 0.25) is 18.4 Å². The molecule has 0 bridgehead atoms. The van der Waals surface area contributed by atoms with E-state index in [0.29, 0.717) is 36.6 Å². The highest BCUT2D eigenvalue weighted by molar-refractivity contribution is 5.88. The van der Waals surface area contributed by atoms with E-state index in [0.717, 1.165) is 18.7 Å². The largest absolute Gasteiger partial charge is 0.493 e. The topological polar surface area (TPSA) is 88.5 Å². The molecule has 0 aliphatic carbocycles. The van der Waals surface area contributed by atoms with E-state index in [-0.39, 0.29) is 19.1 Å². The first kappa shape index (κ1) is 17.9. The van der Waals surface area contributed by atoms with Crippen molar-refractivity contribution in [3.63, 3.8) is 0 Å².